The monoisotopic (exact) mass is 302 g/mol. The molecule has 0 radical (unpaired) electrons. The summed E-state index contributed by atoms with van der Waals surface area (Å²) in [6.07, 6.45) is 0.392. The van der Waals surface area contributed by atoms with Gasteiger partial charge in [0.15, 0.2) is 0 Å². The second kappa shape index (κ2) is 7.59. The van der Waals surface area contributed by atoms with Crippen molar-refractivity contribution in [2.24, 2.45) is 0 Å². The zero-order valence-corrected chi connectivity index (χ0v) is 12.7. The average Bonchev–Trinajstić information content (AvgIpc) is 2.96. The Bertz CT molecular complexity index is 608. The second-order valence-corrected chi connectivity index (χ2v) is 5.76. The summed E-state index contributed by atoms with van der Waals surface area (Å²) >= 11 is 1.56. The van der Waals surface area contributed by atoms with Gasteiger partial charge in [-0.05, 0) is 30.5 Å². The minimum absolute atomic E-state index is 0.0257. The average molecular weight is 302 g/mol. The number of amides is 2. The molecule has 2 aromatic rings. The lowest BCUT2D eigenvalue weighted by atomic mass is 10.1. The van der Waals surface area contributed by atoms with E-state index in [0.717, 1.165) is 10.4 Å². The van der Waals surface area contributed by atoms with Crippen LogP contribution < -0.4 is 10.6 Å². The topological polar surface area (TPSA) is 58.2 Å². The molecule has 2 amide bonds. The van der Waals surface area contributed by atoms with Crippen LogP contribution in [0.2, 0.25) is 0 Å². The summed E-state index contributed by atoms with van der Waals surface area (Å²) in [4.78, 5) is 24.6. The molecule has 0 spiro atoms. The first kappa shape index (κ1) is 15.3. The molecule has 4 nitrogen and oxygen atoms in total. The number of benzene rings is 1. The van der Waals surface area contributed by atoms with Gasteiger partial charge in [0.2, 0.25) is 5.91 Å². The molecule has 1 aromatic heterocycles. The summed E-state index contributed by atoms with van der Waals surface area (Å²) in [6.45, 7) is 2.80. The SMILES string of the molecule is Cc1cccc(C(=O)NCCNC(=O)Cc2cccs2)c1. The van der Waals surface area contributed by atoms with E-state index in [1.54, 1.807) is 17.4 Å². The van der Waals surface area contributed by atoms with Gasteiger partial charge in [-0.1, -0.05) is 23.8 Å². The van der Waals surface area contributed by atoms with Crippen LogP contribution >= 0.6 is 11.3 Å². The summed E-state index contributed by atoms with van der Waals surface area (Å²) in [6, 6.07) is 11.3. The highest BCUT2D eigenvalue weighted by atomic mass is 32.1. The number of aryl methyl sites for hydroxylation is 1. The zero-order chi connectivity index (χ0) is 15.1. The second-order valence-electron chi connectivity index (χ2n) is 4.73. The molecule has 0 saturated carbocycles. The fraction of sp³-hybridized carbons (Fsp3) is 0.250. The standard InChI is InChI=1S/C16H18N2O2S/c1-12-4-2-5-13(10-12)16(20)18-8-7-17-15(19)11-14-6-3-9-21-14/h2-6,9-10H,7-8,11H2,1H3,(H,17,19)(H,18,20). The smallest absolute Gasteiger partial charge is 0.251 e. The number of thiophene rings is 1. The van der Waals surface area contributed by atoms with E-state index < -0.39 is 0 Å². The van der Waals surface area contributed by atoms with Crippen LogP contribution in [0.15, 0.2) is 41.8 Å². The zero-order valence-electron chi connectivity index (χ0n) is 11.9. The molecule has 0 aliphatic heterocycles. The normalized spacial score (nSPS) is 10.1. The van der Waals surface area contributed by atoms with Gasteiger partial charge in [-0.25, -0.2) is 0 Å². The summed E-state index contributed by atoms with van der Waals surface area (Å²) in [7, 11) is 0. The molecule has 2 N–H and O–H groups in total. The van der Waals surface area contributed by atoms with Crippen LogP contribution in [0.3, 0.4) is 0 Å². The molecular weight excluding hydrogens is 284 g/mol. The quantitative estimate of drug-likeness (QED) is 0.803. The van der Waals surface area contributed by atoms with Crippen LogP contribution in [0.1, 0.15) is 20.8 Å². The van der Waals surface area contributed by atoms with Crippen LogP contribution in [-0.4, -0.2) is 24.9 Å². The van der Waals surface area contributed by atoms with E-state index in [2.05, 4.69) is 10.6 Å². The number of nitrogens with one attached hydrogen (secondary N) is 2. The molecule has 21 heavy (non-hydrogen) atoms. The molecular formula is C16H18N2O2S. The van der Waals surface area contributed by atoms with Gasteiger partial charge in [-0.15, -0.1) is 11.3 Å². The van der Waals surface area contributed by atoms with Gasteiger partial charge in [-0.3, -0.25) is 9.59 Å². The third kappa shape index (κ3) is 5.04. The maximum Gasteiger partial charge on any atom is 0.251 e. The summed E-state index contributed by atoms with van der Waals surface area (Å²) in [5.41, 5.74) is 1.69. The van der Waals surface area contributed by atoms with Gasteiger partial charge >= 0.3 is 0 Å². The summed E-state index contributed by atoms with van der Waals surface area (Å²) < 4.78 is 0. The van der Waals surface area contributed by atoms with Crippen LogP contribution in [0.25, 0.3) is 0 Å². The van der Waals surface area contributed by atoms with E-state index in [1.165, 1.54) is 0 Å². The number of carbonyl (C=O) groups is 2. The Balaban J connectivity index is 1.67. The predicted octanol–water partition coefficient (Wildman–Crippen LogP) is 2.15. The van der Waals surface area contributed by atoms with Crippen molar-refractivity contribution >= 4 is 23.2 Å². The van der Waals surface area contributed by atoms with E-state index in [1.807, 2.05) is 42.6 Å². The first-order chi connectivity index (χ1) is 10.1. The van der Waals surface area contributed by atoms with Gasteiger partial charge < -0.3 is 10.6 Å². The molecule has 0 atom stereocenters. The predicted molar refractivity (Wildman–Crippen MR) is 84.5 cm³/mol. The molecule has 110 valence electrons. The van der Waals surface area contributed by atoms with Gasteiger partial charge in [0.1, 0.15) is 0 Å². The molecule has 0 fully saturated rings. The van der Waals surface area contributed by atoms with Gasteiger partial charge in [0, 0.05) is 23.5 Å². The van der Waals surface area contributed by atoms with Crippen molar-refractivity contribution in [3.8, 4) is 0 Å². The Morgan fingerprint density at radius 2 is 1.90 bits per heavy atom. The number of hydrogen-bond acceptors (Lipinski definition) is 3. The molecule has 1 aromatic carbocycles. The van der Waals surface area contributed by atoms with E-state index in [-0.39, 0.29) is 11.8 Å². The Labute approximate surface area is 128 Å². The fourth-order valence-electron chi connectivity index (χ4n) is 1.90. The first-order valence-electron chi connectivity index (χ1n) is 6.79. The third-order valence-corrected chi connectivity index (χ3v) is 3.80. The molecule has 2 rings (SSSR count). The lowest BCUT2D eigenvalue weighted by Crippen LogP contribution is -2.35. The Hall–Kier alpha value is -2.14. The van der Waals surface area contributed by atoms with Gasteiger partial charge in [-0.2, -0.15) is 0 Å². The van der Waals surface area contributed by atoms with E-state index >= 15 is 0 Å². The lowest BCUT2D eigenvalue weighted by Gasteiger charge is -2.07. The summed E-state index contributed by atoms with van der Waals surface area (Å²) in [5, 5.41) is 7.53. The highest BCUT2D eigenvalue weighted by Crippen LogP contribution is 2.08. The van der Waals surface area contributed by atoms with E-state index in [4.69, 9.17) is 0 Å². The van der Waals surface area contributed by atoms with Crippen molar-refractivity contribution in [2.75, 3.05) is 13.1 Å². The Morgan fingerprint density at radius 3 is 2.62 bits per heavy atom. The van der Waals surface area contributed by atoms with Crippen LogP contribution in [-0.2, 0) is 11.2 Å². The maximum absolute atomic E-state index is 11.9. The van der Waals surface area contributed by atoms with Gasteiger partial charge in [0.25, 0.3) is 5.91 Å². The number of hydrogen-bond donors (Lipinski definition) is 2. The Morgan fingerprint density at radius 1 is 1.10 bits per heavy atom. The van der Waals surface area contributed by atoms with Crippen LogP contribution in [0.4, 0.5) is 0 Å². The van der Waals surface area contributed by atoms with Crippen molar-refractivity contribution in [1.29, 1.82) is 0 Å². The van der Waals surface area contributed by atoms with E-state index in [0.29, 0.717) is 25.1 Å². The summed E-state index contributed by atoms with van der Waals surface area (Å²) in [5.74, 6) is -0.145. The first-order valence-corrected chi connectivity index (χ1v) is 7.67. The highest BCUT2D eigenvalue weighted by Gasteiger charge is 2.06. The van der Waals surface area contributed by atoms with Gasteiger partial charge in [0.05, 0.1) is 6.42 Å². The lowest BCUT2D eigenvalue weighted by molar-refractivity contribution is -0.120. The van der Waals surface area contributed by atoms with E-state index in [9.17, 15) is 9.59 Å². The van der Waals surface area contributed by atoms with Crippen molar-refractivity contribution in [3.05, 3.63) is 57.8 Å². The molecule has 0 bridgehead atoms. The van der Waals surface area contributed by atoms with Crippen LogP contribution in [0, 0.1) is 6.92 Å². The van der Waals surface area contributed by atoms with Crippen LogP contribution in [0.5, 0.6) is 0 Å². The minimum atomic E-state index is -0.119. The van der Waals surface area contributed by atoms with Crippen molar-refractivity contribution in [3.63, 3.8) is 0 Å². The Kier molecular flexibility index (Phi) is 5.51. The molecule has 0 aliphatic carbocycles. The largest absolute Gasteiger partial charge is 0.354 e. The van der Waals surface area contributed by atoms with Crippen molar-refractivity contribution in [2.45, 2.75) is 13.3 Å². The molecule has 5 heteroatoms. The molecule has 0 saturated heterocycles. The number of carbonyl (C=O) groups excluding carboxylic acids is 2. The fourth-order valence-corrected chi connectivity index (χ4v) is 2.60. The number of rotatable bonds is 6. The molecule has 0 aliphatic rings. The minimum Gasteiger partial charge on any atom is -0.354 e. The van der Waals surface area contributed by atoms with Crippen molar-refractivity contribution in [1.82, 2.24) is 10.6 Å². The molecule has 1 heterocycles. The maximum atomic E-state index is 11.9. The highest BCUT2D eigenvalue weighted by molar-refractivity contribution is 7.10. The van der Waals surface area contributed by atoms with Crippen molar-refractivity contribution < 1.29 is 9.59 Å². The molecule has 0 unspecified atom stereocenters. The third-order valence-electron chi connectivity index (χ3n) is 2.93.